The van der Waals surface area contributed by atoms with Gasteiger partial charge in [-0.3, -0.25) is 19.2 Å². The molecule has 1 heterocycles. The van der Waals surface area contributed by atoms with Crippen LogP contribution in [0.2, 0.25) is 0 Å². The molecule has 15 nitrogen and oxygen atoms in total. The maximum Gasteiger partial charge on any atom is 0.407 e. The van der Waals surface area contributed by atoms with Crippen LogP contribution in [0.3, 0.4) is 0 Å². The summed E-state index contributed by atoms with van der Waals surface area (Å²) in [6.07, 6.45) is -6.58. The number of fused-ring (bicyclic) bond motifs is 3. The Hall–Kier alpha value is -5.02. The molecule has 4 rings (SSSR count). The minimum Gasteiger partial charge on any atom is -0.480 e. The molecule has 2 aromatic carbocycles. The van der Waals surface area contributed by atoms with Crippen molar-refractivity contribution in [3.63, 3.8) is 0 Å². The van der Waals surface area contributed by atoms with Gasteiger partial charge >= 0.3 is 30.0 Å². The molecule has 0 unspecified atom stereocenters. The smallest absolute Gasteiger partial charge is 0.407 e. The number of rotatable bonds is 12. The van der Waals surface area contributed by atoms with Gasteiger partial charge in [0.1, 0.15) is 25.4 Å². The number of carboxylic acid groups (broad SMARTS) is 1. The second kappa shape index (κ2) is 15.5. The Bertz CT molecular complexity index is 1470. The molecular formula is C32H36N2O13. The van der Waals surface area contributed by atoms with Crippen molar-refractivity contribution in [3.8, 4) is 11.1 Å². The minimum absolute atomic E-state index is 0.0666. The maximum absolute atomic E-state index is 12.8. The molecule has 252 valence electrons. The number of alkyl carbamates (subject to hydrolysis) is 1. The SMILES string of the molecule is CC(=O)N[C@@H]1[C@H](OC[C@H](NC(=O)OCC2c3ccccc3-c3ccccc32)C(=O)O)O[C@H](COC(C)=O)[C@@H](OC(C)=O)[C@H]1OC(C)=O. The summed E-state index contributed by atoms with van der Waals surface area (Å²) >= 11 is 0. The van der Waals surface area contributed by atoms with E-state index in [9.17, 15) is 33.9 Å². The zero-order valence-electron chi connectivity index (χ0n) is 26.1. The molecule has 1 saturated heterocycles. The largest absolute Gasteiger partial charge is 0.480 e. The van der Waals surface area contributed by atoms with Crippen LogP contribution < -0.4 is 10.6 Å². The third kappa shape index (κ3) is 8.83. The summed E-state index contributed by atoms with van der Waals surface area (Å²) in [6, 6.07) is 12.5. The highest BCUT2D eigenvalue weighted by atomic mass is 16.7. The Morgan fingerprint density at radius 1 is 0.787 bits per heavy atom. The minimum atomic E-state index is -1.66. The van der Waals surface area contributed by atoms with Crippen LogP contribution in [0.1, 0.15) is 44.7 Å². The number of hydrogen-bond acceptors (Lipinski definition) is 12. The molecule has 0 spiro atoms. The lowest BCUT2D eigenvalue weighted by Gasteiger charge is -2.45. The Labute approximate surface area is 269 Å². The molecule has 15 heteroatoms. The Morgan fingerprint density at radius 3 is 1.89 bits per heavy atom. The number of hydrogen-bond donors (Lipinski definition) is 3. The fraction of sp³-hybridized carbons (Fsp3) is 0.438. The van der Waals surface area contributed by atoms with E-state index in [0.29, 0.717) is 0 Å². The van der Waals surface area contributed by atoms with Gasteiger partial charge in [-0.05, 0) is 22.3 Å². The molecule has 1 fully saturated rings. The number of aliphatic carboxylic acids is 1. The number of carbonyl (C=O) groups is 6. The summed E-state index contributed by atoms with van der Waals surface area (Å²) in [5.41, 5.74) is 3.97. The van der Waals surface area contributed by atoms with Crippen molar-refractivity contribution in [2.75, 3.05) is 19.8 Å². The average molecular weight is 657 g/mol. The van der Waals surface area contributed by atoms with E-state index in [4.69, 9.17) is 28.4 Å². The summed E-state index contributed by atoms with van der Waals surface area (Å²) in [4.78, 5) is 72.6. The van der Waals surface area contributed by atoms with Gasteiger partial charge in [-0.1, -0.05) is 48.5 Å². The van der Waals surface area contributed by atoms with Crippen LogP contribution in [-0.2, 0) is 52.4 Å². The zero-order valence-corrected chi connectivity index (χ0v) is 26.1. The number of benzene rings is 2. The van der Waals surface area contributed by atoms with Crippen LogP contribution in [0.25, 0.3) is 11.1 Å². The molecule has 2 aliphatic rings. The quantitative estimate of drug-likeness (QED) is 0.220. The highest BCUT2D eigenvalue weighted by molar-refractivity contribution is 5.81. The second-order valence-corrected chi connectivity index (χ2v) is 10.9. The molecule has 47 heavy (non-hydrogen) atoms. The summed E-state index contributed by atoms with van der Waals surface area (Å²) < 4.78 is 32.8. The van der Waals surface area contributed by atoms with E-state index in [1.165, 1.54) is 0 Å². The molecule has 1 aliphatic heterocycles. The number of ether oxygens (including phenoxy) is 6. The lowest BCUT2D eigenvalue weighted by Crippen LogP contribution is -2.67. The molecule has 0 saturated carbocycles. The van der Waals surface area contributed by atoms with Gasteiger partial charge in [0.2, 0.25) is 5.91 Å². The third-order valence-corrected chi connectivity index (χ3v) is 7.43. The van der Waals surface area contributed by atoms with E-state index in [2.05, 4.69) is 10.6 Å². The number of carbonyl (C=O) groups excluding carboxylic acids is 5. The highest BCUT2D eigenvalue weighted by Gasteiger charge is 2.51. The Balaban J connectivity index is 1.48. The lowest BCUT2D eigenvalue weighted by molar-refractivity contribution is -0.278. The predicted octanol–water partition coefficient (Wildman–Crippen LogP) is 1.65. The first-order valence-corrected chi connectivity index (χ1v) is 14.7. The predicted molar refractivity (Wildman–Crippen MR) is 160 cm³/mol. The van der Waals surface area contributed by atoms with Gasteiger partial charge in [0, 0.05) is 33.6 Å². The summed E-state index contributed by atoms with van der Waals surface area (Å²) in [6.45, 7) is 3.23. The van der Waals surface area contributed by atoms with Crippen LogP contribution in [0.4, 0.5) is 4.79 Å². The summed E-state index contributed by atoms with van der Waals surface area (Å²) in [7, 11) is 0. The average Bonchev–Trinajstić information content (AvgIpc) is 3.32. The molecule has 0 aromatic heterocycles. The van der Waals surface area contributed by atoms with Gasteiger partial charge in [-0.2, -0.15) is 0 Å². The van der Waals surface area contributed by atoms with Crippen molar-refractivity contribution in [2.45, 2.75) is 70.3 Å². The highest BCUT2D eigenvalue weighted by Crippen LogP contribution is 2.44. The van der Waals surface area contributed by atoms with Crippen molar-refractivity contribution in [1.82, 2.24) is 10.6 Å². The van der Waals surface area contributed by atoms with Gasteiger partial charge in [0.25, 0.3) is 0 Å². The Morgan fingerprint density at radius 2 is 1.36 bits per heavy atom. The van der Waals surface area contributed by atoms with E-state index in [0.717, 1.165) is 49.9 Å². The maximum atomic E-state index is 12.8. The van der Waals surface area contributed by atoms with Crippen LogP contribution in [0.5, 0.6) is 0 Å². The van der Waals surface area contributed by atoms with Crippen LogP contribution in [0.15, 0.2) is 48.5 Å². The van der Waals surface area contributed by atoms with Gasteiger partial charge < -0.3 is 44.2 Å². The van der Waals surface area contributed by atoms with Gasteiger partial charge in [0.15, 0.2) is 24.5 Å². The molecule has 1 aliphatic carbocycles. The molecule has 2 aromatic rings. The summed E-state index contributed by atoms with van der Waals surface area (Å²) in [5, 5.41) is 14.6. The Kier molecular flexibility index (Phi) is 11.5. The number of nitrogens with one attached hydrogen (secondary N) is 2. The molecule has 3 N–H and O–H groups in total. The zero-order chi connectivity index (χ0) is 34.2. The van der Waals surface area contributed by atoms with E-state index >= 15 is 0 Å². The first-order chi connectivity index (χ1) is 22.3. The van der Waals surface area contributed by atoms with Crippen molar-refractivity contribution in [1.29, 1.82) is 0 Å². The van der Waals surface area contributed by atoms with Crippen molar-refractivity contribution < 1.29 is 62.3 Å². The number of carboxylic acids is 1. The standard InChI is InChI=1S/C32H36N2O13/c1-16(35)33-27-29(46-19(4)38)28(45-18(3)37)26(15-42-17(2)36)47-31(27)43-14-25(30(39)40)34-32(41)44-13-24-22-11-7-5-9-20(22)21-10-6-8-12-23(21)24/h5-12,24-29,31H,13-15H2,1-4H3,(H,33,35)(H,34,41)(H,39,40)/t25-,26+,27-,28+,29-,31+/m0/s1. The number of esters is 3. The van der Waals surface area contributed by atoms with E-state index < -0.39 is 85.8 Å². The molecule has 0 bridgehead atoms. The fourth-order valence-electron chi connectivity index (χ4n) is 5.58. The lowest BCUT2D eigenvalue weighted by atomic mass is 9.96. The topological polar surface area (TPSA) is 202 Å². The molecule has 2 amide bonds. The van der Waals surface area contributed by atoms with Crippen molar-refractivity contribution >= 4 is 35.9 Å². The fourth-order valence-corrected chi connectivity index (χ4v) is 5.58. The first kappa shape index (κ1) is 34.8. The molecule has 6 atom stereocenters. The van der Waals surface area contributed by atoms with Crippen molar-refractivity contribution in [2.24, 2.45) is 0 Å². The van der Waals surface area contributed by atoms with Crippen molar-refractivity contribution in [3.05, 3.63) is 59.7 Å². The van der Waals surface area contributed by atoms with E-state index in [1.54, 1.807) is 0 Å². The molecule has 0 radical (unpaired) electrons. The van der Waals surface area contributed by atoms with Gasteiger partial charge in [-0.15, -0.1) is 0 Å². The first-order valence-electron chi connectivity index (χ1n) is 14.7. The second-order valence-electron chi connectivity index (χ2n) is 10.9. The van der Waals surface area contributed by atoms with Gasteiger partial charge in [0.05, 0.1) is 6.61 Å². The monoisotopic (exact) mass is 656 g/mol. The van der Waals surface area contributed by atoms with E-state index in [1.807, 2.05) is 48.5 Å². The third-order valence-electron chi connectivity index (χ3n) is 7.43. The van der Waals surface area contributed by atoms with Crippen LogP contribution >= 0.6 is 0 Å². The molecular weight excluding hydrogens is 620 g/mol. The number of amides is 2. The van der Waals surface area contributed by atoms with Crippen LogP contribution in [0, 0.1) is 0 Å². The van der Waals surface area contributed by atoms with E-state index in [-0.39, 0.29) is 12.5 Å². The van der Waals surface area contributed by atoms with Crippen LogP contribution in [-0.4, -0.2) is 97.5 Å². The summed E-state index contributed by atoms with van der Waals surface area (Å²) in [5.74, 6) is -4.65. The van der Waals surface area contributed by atoms with Gasteiger partial charge in [-0.25, -0.2) is 9.59 Å². The normalized spacial score (nSPS) is 22.1.